The van der Waals surface area contributed by atoms with Crippen LogP contribution in [0.15, 0.2) is 30.3 Å². The number of thiophene rings is 1. The summed E-state index contributed by atoms with van der Waals surface area (Å²) in [6.45, 7) is 7.17. The van der Waals surface area contributed by atoms with E-state index in [0.29, 0.717) is 17.2 Å². The van der Waals surface area contributed by atoms with E-state index in [2.05, 4.69) is 17.1 Å². The van der Waals surface area contributed by atoms with Crippen LogP contribution in [-0.4, -0.2) is 43.1 Å². The highest BCUT2D eigenvalue weighted by atomic mass is 32.1. The molecule has 28 heavy (non-hydrogen) atoms. The van der Waals surface area contributed by atoms with E-state index in [4.69, 9.17) is 9.47 Å². The van der Waals surface area contributed by atoms with Crippen molar-refractivity contribution >= 4 is 28.2 Å². The van der Waals surface area contributed by atoms with Crippen LogP contribution < -0.4 is 10.1 Å². The Morgan fingerprint density at radius 3 is 2.71 bits per heavy atom. The summed E-state index contributed by atoms with van der Waals surface area (Å²) in [5, 5.41) is 3.50. The molecular formula is C21H26N2O4S. The van der Waals surface area contributed by atoms with Crippen LogP contribution in [0.2, 0.25) is 0 Å². The van der Waals surface area contributed by atoms with Crippen molar-refractivity contribution in [2.45, 2.75) is 33.2 Å². The SMILES string of the molecule is CCOC(=O)c1c(NC(=O)CCOc2ccccc2)sc2c1CCN(CC)C2. The second-order valence-electron chi connectivity index (χ2n) is 6.51. The van der Waals surface area contributed by atoms with Gasteiger partial charge in [0.2, 0.25) is 5.91 Å². The summed E-state index contributed by atoms with van der Waals surface area (Å²) >= 11 is 1.48. The first-order valence-electron chi connectivity index (χ1n) is 9.64. The van der Waals surface area contributed by atoms with E-state index in [1.54, 1.807) is 6.92 Å². The van der Waals surface area contributed by atoms with Gasteiger partial charge in [0.25, 0.3) is 0 Å². The van der Waals surface area contributed by atoms with Crippen LogP contribution in [0.3, 0.4) is 0 Å². The van der Waals surface area contributed by atoms with Crippen LogP contribution in [0.1, 0.15) is 41.1 Å². The smallest absolute Gasteiger partial charge is 0.341 e. The number of nitrogens with one attached hydrogen (secondary N) is 1. The Morgan fingerprint density at radius 2 is 2.00 bits per heavy atom. The first-order valence-corrected chi connectivity index (χ1v) is 10.5. The van der Waals surface area contributed by atoms with Crippen LogP contribution >= 0.6 is 11.3 Å². The Kier molecular flexibility index (Phi) is 7.06. The molecule has 6 nitrogen and oxygen atoms in total. The third-order valence-corrected chi connectivity index (χ3v) is 5.79. The van der Waals surface area contributed by atoms with Crippen molar-refractivity contribution in [2.24, 2.45) is 0 Å². The van der Waals surface area contributed by atoms with Gasteiger partial charge in [-0.2, -0.15) is 0 Å². The average Bonchev–Trinajstić information content (AvgIpc) is 3.05. The van der Waals surface area contributed by atoms with Crippen LogP contribution in [0.25, 0.3) is 0 Å². The molecule has 7 heteroatoms. The minimum atomic E-state index is -0.360. The lowest BCUT2D eigenvalue weighted by Crippen LogP contribution is -2.30. The second kappa shape index (κ2) is 9.71. The number of esters is 1. The van der Waals surface area contributed by atoms with Crippen LogP contribution in [0, 0.1) is 0 Å². The number of nitrogens with zero attached hydrogens (tertiary/aromatic N) is 1. The Morgan fingerprint density at radius 1 is 1.21 bits per heavy atom. The molecule has 150 valence electrons. The van der Waals surface area contributed by atoms with Crippen LogP contribution in [0.5, 0.6) is 5.75 Å². The van der Waals surface area contributed by atoms with Gasteiger partial charge in [-0.1, -0.05) is 25.1 Å². The van der Waals surface area contributed by atoms with E-state index >= 15 is 0 Å². The molecule has 0 saturated carbocycles. The highest BCUT2D eigenvalue weighted by molar-refractivity contribution is 7.17. The molecule has 0 radical (unpaired) electrons. The number of carbonyl (C=O) groups is 2. The summed E-state index contributed by atoms with van der Waals surface area (Å²) in [4.78, 5) is 28.4. The largest absolute Gasteiger partial charge is 0.493 e. The fraction of sp³-hybridized carbons (Fsp3) is 0.429. The molecule has 3 rings (SSSR count). The molecule has 2 heterocycles. The van der Waals surface area contributed by atoms with Gasteiger partial charge in [0, 0.05) is 18.0 Å². The topological polar surface area (TPSA) is 67.9 Å². The van der Waals surface area contributed by atoms with E-state index < -0.39 is 0 Å². The highest BCUT2D eigenvalue weighted by Crippen LogP contribution is 2.37. The summed E-state index contributed by atoms with van der Waals surface area (Å²) < 4.78 is 10.8. The summed E-state index contributed by atoms with van der Waals surface area (Å²) in [5.74, 6) is 0.196. The average molecular weight is 403 g/mol. The zero-order valence-corrected chi connectivity index (χ0v) is 17.1. The van der Waals surface area contributed by atoms with Gasteiger partial charge in [0.05, 0.1) is 25.2 Å². The van der Waals surface area contributed by atoms with Crippen LogP contribution in [0.4, 0.5) is 5.00 Å². The number of anilines is 1. The Balaban J connectivity index is 1.68. The number of carbonyl (C=O) groups excluding carboxylic acids is 2. The van der Waals surface area contributed by atoms with Gasteiger partial charge in [0.1, 0.15) is 10.8 Å². The third kappa shape index (κ3) is 4.91. The highest BCUT2D eigenvalue weighted by Gasteiger charge is 2.29. The predicted octanol–water partition coefficient (Wildman–Crippen LogP) is 3.71. The number of hydrogen-bond acceptors (Lipinski definition) is 6. The van der Waals surface area contributed by atoms with Gasteiger partial charge in [0.15, 0.2) is 0 Å². The van der Waals surface area contributed by atoms with Gasteiger partial charge in [-0.3, -0.25) is 9.69 Å². The molecule has 1 aliphatic rings. The molecule has 1 aromatic carbocycles. The zero-order chi connectivity index (χ0) is 19.9. The molecule has 0 fully saturated rings. The predicted molar refractivity (Wildman–Crippen MR) is 110 cm³/mol. The molecular weight excluding hydrogens is 376 g/mol. The Hall–Kier alpha value is -2.38. The number of benzene rings is 1. The van der Waals surface area contributed by atoms with Gasteiger partial charge in [-0.15, -0.1) is 11.3 Å². The Bertz CT molecular complexity index is 819. The summed E-state index contributed by atoms with van der Waals surface area (Å²) in [6, 6.07) is 9.38. The van der Waals surface area contributed by atoms with Gasteiger partial charge >= 0.3 is 5.97 Å². The molecule has 0 saturated heterocycles. The number of rotatable bonds is 8. The number of likely N-dealkylation sites (N-methyl/N-ethyl adjacent to an activating group) is 1. The maximum Gasteiger partial charge on any atom is 0.341 e. The second-order valence-corrected chi connectivity index (χ2v) is 7.61. The third-order valence-electron chi connectivity index (χ3n) is 4.66. The van der Waals surface area contributed by atoms with Crippen molar-refractivity contribution in [3.63, 3.8) is 0 Å². The van der Waals surface area contributed by atoms with Crippen molar-refractivity contribution in [1.29, 1.82) is 0 Å². The van der Waals surface area contributed by atoms with E-state index in [0.717, 1.165) is 42.2 Å². The maximum atomic E-state index is 12.5. The quantitative estimate of drug-likeness (QED) is 0.682. The first-order chi connectivity index (χ1) is 13.6. The maximum absolute atomic E-state index is 12.5. The fourth-order valence-electron chi connectivity index (χ4n) is 3.20. The van der Waals surface area contributed by atoms with Gasteiger partial charge < -0.3 is 14.8 Å². The first kappa shape index (κ1) is 20.4. The lowest BCUT2D eigenvalue weighted by molar-refractivity contribution is -0.116. The minimum absolute atomic E-state index is 0.174. The normalized spacial score (nSPS) is 13.6. The molecule has 2 aromatic rings. The number of para-hydroxylation sites is 1. The van der Waals surface area contributed by atoms with E-state index in [1.165, 1.54) is 11.3 Å². The molecule has 0 spiro atoms. The number of amides is 1. The molecule has 0 atom stereocenters. The van der Waals surface area contributed by atoms with Crippen LogP contribution in [-0.2, 0) is 22.5 Å². The van der Waals surface area contributed by atoms with Crippen molar-refractivity contribution in [3.05, 3.63) is 46.3 Å². The molecule has 1 aromatic heterocycles. The zero-order valence-electron chi connectivity index (χ0n) is 16.3. The van der Waals surface area contributed by atoms with Gasteiger partial charge in [-0.05, 0) is 37.6 Å². The van der Waals surface area contributed by atoms with Crippen molar-refractivity contribution in [2.75, 3.05) is 31.6 Å². The summed E-state index contributed by atoms with van der Waals surface area (Å²) in [5.41, 5.74) is 1.54. The molecule has 0 unspecified atom stereocenters. The fourth-order valence-corrected chi connectivity index (χ4v) is 4.50. The van der Waals surface area contributed by atoms with E-state index in [-0.39, 0.29) is 24.9 Å². The van der Waals surface area contributed by atoms with Crippen molar-refractivity contribution in [3.8, 4) is 5.75 Å². The summed E-state index contributed by atoms with van der Waals surface area (Å²) in [6.07, 6.45) is 1.00. The molecule has 1 amide bonds. The summed E-state index contributed by atoms with van der Waals surface area (Å²) in [7, 11) is 0. The Labute approximate surface area is 169 Å². The van der Waals surface area contributed by atoms with Crippen molar-refractivity contribution in [1.82, 2.24) is 4.90 Å². The van der Waals surface area contributed by atoms with Crippen molar-refractivity contribution < 1.29 is 19.1 Å². The molecule has 0 bridgehead atoms. The standard InChI is InChI=1S/C21H26N2O4S/c1-3-23-12-10-16-17(14-23)28-20(19(16)21(25)26-4-2)22-18(24)11-13-27-15-8-6-5-7-9-15/h5-9H,3-4,10-14H2,1-2H3,(H,22,24). The molecule has 0 aliphatic carbocycles. The lowest BCUT2D eigenvalue weighted by atomic mass is 10.0. The minimum Gasteiger partial charge on any atom is -0.493 e. The molecule has 1 aliphatic heterocycles. The van der Waals surface area contributed by atoms with E-state index in [1.807, 2.05) is 30.3 Å². The number of hydrogen-bond donors (Lipinski definition) is 1. The lowest BCUT2D eigenvalue weighted by Gasteiger charge is -2.25. The molecule has 1 N–H and O–H groups in total. The number of ether oxygens (including phenoxy) is 2. The number of fused-ring (bicyclic) bond motifs is 1. The van der Waals surface area contributed by atoms with E-state index in [9.17, 15) is 9.59 Å². The van der Waals surface area contributed by atoms with Gasteiger partial charge in [-0.25, -0.2) is 4.79 Å². The monoisotopic (exact) mass is 402 g/mol.